The topological polar surface area (TPSA) is 120 Å². The fourth-order valence-electron chi connectivity index (χ4n) is 2.81. The molecule has 33 heavy (non-hydrogen) atoms. The molecule has 0 aromatic heterocycles. The van der Waals surface area contributed by atoms with Crippen molar-refractivity contribution in [2.45, 2.75) is 24.8 Å². The van der Waals surface area contributed by atoms with E-state index in [-0.39, 0.29) is 27.6 Å². The number of nitrogens with zero attached hydrogens (tertiary/aromatic N) is 1. The number of rotatable bonds is 9. The van der Waals surface area contributed by atoms with Crippen molar-refractivity contribution in [1.29, 1.82) is 0 Å². The van der Waals surface area contributed by atoms with E-state index in [0.717, 1.165) is 4.31 Å². The molecule has 0 heterocycles. The van der Waals surface area contributed by atoms with Gasteiger partial charge in [-0.05, 0) is 31.5 Å². The Bertz CT molecular complexity index is 1150. The summed E-state index contributed by atoms with van der Waals surface area (Å²) in [6, 6.07) is 7.25. The lowest BCUT2D eigenvalue weighted by molar-refractivity contribution is -0.123. The van der Waals surface area contributed by atoms with Gasteiger partial charge in [0.25, 0.3) is 5.91 Å². The maximum atomic E-state index is 12.7. The van der Waals surface area contributed by atoms with Crippen molar-refractivity contribution in [1.82, 2.24) is 4.31 Å². The van der Waals surface area contributed by atoms with Gasteiger partial charge in [0.1, 0.15) is 11.3 Å². The molecule has 1 amide bonds. The van der Waals surface area contributed by atoms with Crippen molar-refractivity contribution >= 4 is 27.6 Å². The highest BCUT2D eigenvalue weighted by Crippen LogP contribution is 2.35. The summed E-state index contributed by atoms with van der Waals surface area (Å²) in [4.78, 5) is 25.4. The molecule has 1 N–H and O–H groups in total. The number of carbonyl (C=O) groups is 2. The molecule has 0 bridgehead atoms. The Hall–Kier alpha value is -3.31. The first-order valence-corrected chi connectivity index (χ1v) is 11.2. The predicted molar refractivity (Wildman–Crippen MR) is 122 cm³/mol. The van der Waals surface area contributed by atoms with E-state index in [1.54, 1.807) is 13.0 Å². The monoisotopic (exact) mass is 480 g/mol. The quantitative estimate of drug-likeness (QED) is 0.544. The number of aryl methyl sites for hydroxylation is 1. The lowest BCUT2D eigenvalue weighted by Crippen LogP contribution is -2.30. The van der Waals surface area contributed by atoms with E-state index in [1.807, 2.05) is 0 Å². The summed E-state index contributed by atoms with van der Waals surface area (Å²) < 4.78 is 46.8. The van der Waals surface area contributed by atoms with Gasteiger partial charge in [-0.15, -0.1) is 0 Å². The Morgan fingerprint density at radius 3 is 2.06 bits per heavy atom. The summed E-state index contributed by atoms with van der Waals surface area (Å²) in [7, 11) is 3.39. The molecule has 1 atom stereocenters. The predicted octanol–water partition coefficient (Wildman–Crippen LogP) is 2.46. The smallest absolute Gasteiger partial charge is 0.342 e. The maximum absolute atomic E-state index is 12.7. The fourth-order valence-corrected chi connectivity index (χ4v) is 3.74. The summed E-state index contributed by atoms with van der Waals surface area (Å²) in [6.07, 6.45) is -1.19. The zero-order valence-corrected chi connectivity index (χ0v) is 20.4. The van der Waals surface area contributed by atoms with Gasteiger partial charge in [0, 0.05) is 31.9 Å². The molecule has 11 heteroatoms. The van der Waals surface area contributed by atoms with Gasteiger partial charge in [-0.1, -0.05) is 6.07 Å². The SMILES string of the molecule is COc1cc(OC)c(C(=O)OC(C)C(=O)Nc2cc(S(=O)(=O)N(C)C)ccc2C)cc1OC. The number of benzene rings is 2. The third-order valence-electron chi connectivity index (χ3n) is 4.82. The molecule has 180 valence electrons. The van der Waals surface area contributed by atoms with Gasteiger partial charge in [0.05, 0.1) is 26.2 Å². The third kappa shape index (κ3) is 5.74. The van der Waals surface area contributed by atoms with E-state index in [1.165, 1.54) is 66.6 Å². The van der Waals surface area contributed by atoms with Gasteiger partial charge in [0.15, 0.2) is 17.6 Å². The van der Waals surface area contributed by atoms with Crippen LogP contribution < -0.4 is 19.5 Å². The number of nitrogens with one attached hydrogen (secondary N) is 1. The van der Waals surface area contributed by atoms with Crippen molar-refractivity contribution in [3.8, 4) is 17.2 Å². The van der Waals surface area contributed by atoms with Crippen LogP contribution in [0.2, 0.25) is 0 Å². The number of ether oxygens (including phenoxy) is 4. The molecule has 2 aromatic rings. The summed E-state index contributed by atoms with van der Waals surface area (Å²) in [5.74, 6) is -0.610. The first kappa shape index (κ1) is 25.9. The second-order valence-electron chi connectivity index (χ2n) is 7.21. The normalized spacial score (nSPS) is 12.1. The Kier molecular flexibility index (Phi) is 8.29. The lowest BCUT2D eigenvalue weighted by atomic mass is 10.1. The number of anilines is 1. The van der Waals surface area contributed by atoms with Crippen molar-refractivity contribution in [2.75, 3.05) is 40.7 Å². The van der Waals surface area contributed by atoms with Crippen molar-refractivity contribution < 1.29 is 37.0 Å². The maximum Gasteiger partial charge on any atom is 0.342 e. The van der Waals surface area contributed by atoms with E-state index in [9.17, 15) is 18.0 Å². The van der Waals surface area contributed by atoms with Gasteiger partial charge in [-0.3, -0.25) is 4.79 Å². The molecule has 0 aliphatic heterocycles. The van der Waals surface area contributed by atoms with Crippen LogP contribution in [0.5, 0.6) is 17.2 Å². The van der Waals surface area contributed by atoms with Crippen LogP contribution >= 0.6 is 0 Å². The van der Waals surface area contributed by atoms with Crippen LogP contribution in [0.1, 0.15) is 22.8 Å². The Morgan fingerprint density at radius 1 is 0.939 bits per heavy atom. The number of esters is 1. The number of sulfonamides is 1. The van der Waals surface area contributed by atoms with Crippen LogP contribution in [0, 0.1) is 6.92 Å². The van der Waals surface area contributed by atoms with Crippen LogP contribution in [0.15, 0.2) is 35.2 Å². The summed E-state index contributed by atoms with van der Waals surface area (Å²) >= 11 is 0. The van der Waals surface area contributed by atoms with Gasteiger partial charge in [-0.2, -0.15) is 0 Å². The molecule has 2 rings (SSSR count). The average molecular weight is 481 g/mol. The van der Waals surface area contributed by atoms with Crippen LogP contribution in [-0.4, -0.2) is 66.1 Å². The molecule has 2 aromatic carbocycles. The molecular weight excluding hydrogens is 452 g/mol. The lowest BCUT2D eigenvalue weighted by Gasteiger charge is -2.18. The van der Waals surface area contributed by atoms with Crippen molar-refractivity contribution in [2.24, 2.45) is 0 Å². The van der Waals surface area contributed by atoms with E-state index >= 15 is 0 Å². The minimum atomic E-state index is -3.69. The Labute approximate surface area is 193 Å². The molecule has 0 spiro atoms. The summed E-state index contributed by atoms with van der Waals surface area (Å²) in [5, 5.41) is 2.61. The second-order valence-corrected chi connectivity index (χ2v) is 9.36. The highest BCUT2D eigenvalue weighted by molar-refractivity contribution is 7.89. The van der Waals surface area contributed by atoms with E-state index < -0.39 is 28.0 Å². The van der Waals surface area contributed by atoms with Crippen LogP contribution in [0.4, 0.5) is 5.69 Å². The fraction of sp³-hybridized carbons (Fsp3) is 0.364. The highest BCUT2D eigenvalue weighted by Gasteiger charge is 2.25. The zero-order chi connectivity index (χ0) is 24.9. The molecule has 1 unspecified atom stereocenters. The van der Waals surface area contributed by atoms with Crippen LogP contribution in [0.3, 0.4) is 0 Å². The van der Waals surface area contributed by atoms with Crippen molar-refractivity contribution in [3.05, 3.63) is 41.5 Å². The van der Waals surface area contributed by atoms with Gasteiger partial charge >= 0.3 is 5.97 Å². The number of carbonyl (C=O) groups excluding carboxylic acids is 2. The highest BCUT2D eigenvalue weighted by atomic mass is 32.2. The molecule has 0 aliphatic carbocycles. The van der Waals surface area contributed by atoms with Crippen LogP contribution in [0.25, 0.3) is 0 Å². The standard InChI is InChI=1S/C22H28N2O8S/c1-13-8-9-15(33(27,28)24(3)4)10-17(13)23-21(25)14(2)32-22(26)16-11-19(30-6)20(31-7)12-18(16)29-5/h8-12,14H,1-7H3,(H,23,25). The number of amides is 1. The second kappa shape index (κ2) is 10.5. The minimum Gasteiger partial charge on any atom is -0.496 e. The van der Waals surface area contributed by atoms with Gasteiger partial charge in [-0.25, -0.2) is 17.5 Å². The molecule has 0 saturated heterocycles. The zero-order valence-electron chi connectivity index (χ0n) is 19.6. The third-order valence-corrected chi connectivity index (χ3v) is 6.64. The molecule has 0 aliphatic rings. The summed E-state index contributed by atoms with van der Waals surface area (Å²) in [5.41, 5.74) is 0.973. The van der Waals surface area contributed by atoms with E-state index in [2.05, 4.69) is 5.32 Å². The van der Waals surface area contributed by atoms with Crippen LogP contribution in [-0.2, 0) is 19.6 Å². The number of hydrogen-bond acceptors (Lipinski definition) is 8. The molecule has 0 saturated carbocycles. The van der Waals surface area contributed by atoms with E-state index in [4.69, 9.17) is 18.9 Å². The van der Waals surface area contributed by atoms with Gasteiger partial charge < -0.3 is 24.3 Å². The van der Waals surface area contributed by atoms with Crippen molar-refractivity contribution in [3.63, 3.8) is 0 Å². The first-order chi connectivity index (χ1) is 15.5. The summed E-state index contributed by atoms with van der Waals surface area (Å²) in [6.45, 7) is 3.11. The molecular formula is C22H28N2O8S. The number of hydrogen-bond donors (Lipinski definition) is 1. The average Bonchev–Trinajstić information content (AvgIpc) is 2.78. The molecule has 10 nitrogen and oxygen atoms in total. The Morgan fingerprint density at radius 2 is 1.52 bits per heavy atom. The first-order valence-electron chi connectivity index (χ1n) is 9.81. The van der Waals surface area contributed by atoms with Gasteiger partial charge in [0.2, 0.25) is 10.0 Å². The minimum absolute atomic E-state index is 0.0214. The Balaban J connectivity index is 2.23. The largest absolute Gasteiger partial charge is 0.496 e. The molecule has 0 radical (unpaired) electrons. The van der Waals surface area contributed by atoms with E-state index in [0.29, 0.717) is 11.3 Å². The number of methoxy groups -OCH3 is 3. The molecule has 0 fully saturated rings.